The van der Waals surface area contributed by atoms with Gasteiger partial charge in [0.05, 0.1) is 0 Å². The Kier molecular flexibility index (Phi) is 2.54. The third-order valence-electron chi connectivity index (χ3n) is 2.14. The predicted octanol–water partition coefficient (Wildman–Crippen LogP) is 3.78. The van der Waals surface area contributed by atoms with Crippen LogP contribution in [0.3, 0.4) is 0 Å². The topological polar surface area (TPSA) is 0 Å². The molecule has 0 amide bonds. The summed E-state index contributed by atoms with van der Waals surface area (Å²) >= 11 is -0.843. The van der Waals surface area contributed by atoms with Crippen LogP contribution in [0.15, 0.2) is 42.5 Å². The van der Waals surface area contributed by atoms with Gasteiger partial charge in [-0.2, -0.15) is 0 Å². The summed E-state index contributed by atoms with van der Waals surface area (Å²) in [5.41, 5.74) is 0. The summed E-state index contributed by atoms with van der Waals surface area (Å²) in [5, 5.41) is 2.84. The van der Waals surface area contributed by atoms with Crippen molar-refractivity contribution < 1.29 is 0 Å². The molecule has 2 aromatic rings. The van der Waals surface area contributed by atoms with Crippen molar-refractivity contribution in [1.82, 2.24) is 0 Å². The molecular weight excluding hydrogens is 271 g/mol. The third kappa shape index (κ3) is 1.70. The molecule has 2 rings (SSSR count). The Morgan fingerprint density at radius 2 is 1.54 bits per heavy atom. The summed E-state index contributed by atoms with van der Waals surface area (Å²) in [7, 11) is 0. The van der Waals surface area contributed by atoms with Crippen LogP contribution in [-0.4, -0.2) is 9.86 Å². The molecule has 0 fully saturated rings. The predicted molar refractivity (Wildman–Crippen MR) is 68.5 cm³/mol. The fourth-order valence-corrected chi connectivity index (χ4v) is 4.10. The first-order valence-electron chi connectivity index (χ1n) is 4.27. The average Bonchev–Trinajstić information content (AvgIpc) is 2.17. The van der Waals surface area contributed by atoms with Gasteiger partial charge in [-0.3, -0.25) is 0 Å². The van der Waals surface area contributed by atoms with Crippen molar-refractivity contribution >= 4 is 30.6 Å². The molecule has 0 unspecified atom stereocenters. The first kappa shape index (κ1) is 9.00. The number of alkyl halides is 2. The molecule has 0 bridgehead atoms. The van der Waals surface area contributed by atoms with Crippen LogP contribution in [0.2, 0.25) is 0 Å². The van der Waals surface area contributed by atoms with Gasteiger partial charge in [-0.25, -0.2) is 0 Å². The van der Waals surface area contributed by atoms with Gasteiger partial charge in [0.2, 0.25) is 0 Å². The first-order valence-corrected chi connectivity index (χ1v) is 9.66. The Bertz CT molecular complexity index is 413. The second-order valence-corrected chi connectivity index (χ2v) is 8.69. The van der Waals surface area contributed by atoms with Crippen molar-refractivity contribution in [2.45, 2.75) is 0 Å². The number of benzene rings is 2. The van der Waals surface area contributed by atoms with E-state index in [1.54, 1.807) is 3.57 Å². The summed E-state index contributed by atoms with van der Waals surface area (Å²) in [6.07, 6.45) is 0. The van der Waals surface area contributed by atoms with Crippen LogP contribution in [0.4, 0.5) is 0 Å². The molecule has 0 aliphatic heterocycles. The number of hydrogen-bond donors (Lipinski definition) is 0. The van der Waals surface area contributed by atoms with Gasteiger partial charge in [0.1, 0.15) is 0 Å². The van der Waals surface area contributed by atoms with Gasteiger partial charge in [-0.05, 0) is 0 Å². The molecule has 0 N–H and O–H groups in total. The van der Waals surface area contributed by atoms with E-state index in [0.717, 1.165) is 0 Å². The summed E-state index contributed by atoms with van der Waals surface area (Å²) < 4.78 is 1.60. The Labute approximate surface area is 86.4 Å². The van der Waals surface area contributed by atoms with Gasteiger partial charge in [0, 0.05) is 0 Å². The van der Waals surface area contributed by atoms with Gasteiger partial charge in [0.25, 0.3) is 0 Å². The molecule has 0 aromatic heterocycles. The molecule has 0 aliphatic rings. The van der Waals surface area contributed by atoms with Gasteiger partial charge < -0.3 is 0 Å². The molecule has 0 nitrogen and oxygen atoms in total. The zero-order valence-corrected chi connectivity index (χ0v) is 10.1. The number of hydrogen-bond acceptors (Lipinski definition) is 0. The maximum absolute atomic E-state index is 2.39. The van der Waals surface area contributed by atoms with Crippen molar-refractivity contribution in [1.29, 1.82) is 0 Å². The molecule has 0 heterocycles. The van der Waals surface area contributed by atoms with E-state index in [1.165, 1.54) is 10.8 Å². The second-order valence-electron chi connectivity index (χ2n) is 3.22. The Morgan fingerprint density at radius 1 is 0.846 bits per heavy atom. The van der Waals surface area contributed by atoms with E-state index in [0.29, 0.717) is 0 Å². The number of rotatable bonds is 1. The normalized spacial score (nSPS) is 11.7. The summed E-state index contributed by atoms with van der Waals surface area (Å²) in [4.78, 5) is 4.79. The molecule has 0 spiro atoms. The van der Waals surface area contributed by atoms with Crippen LogP contribution < -0.4 is 0 Å². The van der Waals surface area contributed by atoms with Crippen molar-refractivity contribution in [2.24, 2.45) is 0 Å². The molecule has 0 saturated heterocycles. The van der Waals surface area contributed by atoms with Gasteiger partial charge in [0.15, 0.2) is 0 Å². The molecule has 68 valence electrons. The standard InChI is InChI=1S/C12H13I/c1-13(2)12-9-5-7-10-6-3-4-8-11(10)12/h3-9H,1-2H3. The van der Waals surface area contributed by atoms with Gasteiger partial charge >= 0.3 is 86.5 Å². The van der Waals surface area contributed by atoms with Crippen LogP contribution >= 0.6 is 19.8 Å². The Morgan fingerprint density at radius 3 is 2.31 bits per heavy atom. The molecular formula is C12H13I. The van der Waals surface area contributed by atoms with Crippen LogP contribution in [0, 0.1) is 3.57 Å². The molecule has 0 saturated carbocycles. The van der Waals surface area contributed by atoms with Crippen LogP contribution in [0.5, 0.6) is 0 Å². The zero-order chi connectivity index (χ0) is 9.26. The van der Waals surface area contributed by atoms with Crippen molar-refractivity contribution in [3.63, 3.8) is 0 Å². The van der Waals surface area contributed by atoms with Crippen molar-refractivity contribution in [2.75, 3.05) is 9.86 Å². The fraction of sp³-hybridized carbons (Fsp3) is 0.167. The van der Waals surface area contributed by atoms with Crippen molar-refractivity contribution in [3.8, 4) is 0 Å². The van der Waals surface area contributed by atoms with E-state index >= 15 is 0 Å². The number of fused-ring (bicyclic) bond motifs is 1. The molecule has 13 heavy (non-hydrogen) atoms. The molecule has 2 aromatic carbocycles. The molecule has 0 atom stereocenters. The van der Waals surface area contributed by atoms with E-state index in [-0.39, 0.29) is 0 Å². The Hall–Kier alpha value is -0.570. The van der Waals surface area contributed by atoms with E-state index in [9.17, 15) is 0 Å². The monoisotopic (exact) mass is 284 g/mol. The van der Waals surface area contributed by atoms with E-state index < -0.39 is 19.8 Å². The average molecular weight is 284 g/mol. The number of halogens is 1. The Balaban J connectivity index is 2.76. The molecule has 0 radical (unpaired) electrons. The van der Waals surface area contributed by atoms with Crippen LogP contribution in [0.25, 0.3) is 10.8 Å². The minimum absolute atomic E-state index is 0.843. The minimum atomic E-state index is -0.843. The SMILES string of the molecule is CI(C)c1cccc2ccccc12. The zero-order valence-electron chi connectivity index (χ0n) is 7.92. The van der Waals surface area contributed by atoms with E-state index in [1.807, 2.05) is 0 Å². The van der Waals surface area contributed by atoms with Crippen molar-refractivity contribution in [3.05, 3.63) is 46.0 Å². The second kappa shape index (κ2) is 3.66. The quantitative estimate of drug-likeness (QED) is 0.552. The molecule has 1 heteroatoms. The summed E-state index contributed by atoms with van der Waals surface area (Å²) in [6, 6.07) is 15.3. The van der Waals surface area contributed by atoms with Crippen LogP contribution in [0.1, 0.15) is 0 Å². The van der Waals surface area contributed by atoms with E-state index in [4.69, 9.17) is 0 Å². The third-order valence-corrected chi connectivity index (χ3v) is 5.41. The first-order chi connectivity index (χ1) is 6.29. The summed E-state index contributed by atoms with van der Waals surface area (Å²) in [5.74, 6) is 0. The van der Waals surface area contributed by atoms with Crippen LogP contribution in [-0.2, 0) is 0 Å². The summed E-state index contributed by atoms with van der Waals surface area (Å²) in [6.45, 7) is 0. The van der Waals surface area contributed by atoms with E-state index in [2.05, 4.69) is 52.3 Å². The fourth-order valence-electron chi connectivity index (χ4n) is 1.52. The maximum atomic E-state index is 2.39. The van der Waals surface area contributed by atoms with Gasteiger partial charge in [-0.1, -0.05) is 0 Å². The van der Waals surface area contributed by atoms with Gasteiger partial charge in [-0.15, -0.1) is 0 Å². The molecule has 0 aliphatic carbocycles.